The van der Waals surface area contributed by atoms with E-state index in [1.807, 2.05) is 0 Å². The zero-order valence-electron chi connectivity index (χ0n) is 10.3. The van der Waals surface area contributed by atoms with Crippen LogP contribution in [-0.4, -0.2) is 27.3 Å². The Balaban J connectivity index is 2.49. The fraction of sp³-hybridized carbons (Fsp3) is 0.231. The average Bonchev–Trinajstić information content (AvgIpc) is 2.45. The first kappa shape index (κ1) is 13.7. The van der Waals surface area contributed by atoms with Gasteiger partial charge >= 0.3 is 6.01 Å². The van der Waals surface area contributed by atoms with Gasteiger partial charge in [0.25, 0.3) is 0 Å². The van der Waals surface area contributed by atoms with Crippen LogP contribution in [0.15, 0.2) is 24.3 Å². The Morgan fingerprint density at radius 1 is 1.11 bits per heavy atom. The molecule has 2 N–H and O–H groups in total. The van der Waals surface area contributed by atoms with E-state index in [2.05, 4.69) is 9.97 Å². The molecule has 0 atom stereocenters. The van der Waals surface area contributed by atoms with Crippen LogP contribution in [0.5, 0.6) is 6.01 Å². The molecule has 19 heavy (non-hydrogen) atoms. The molecular weight excluding hydrogens is 268 g/mol. The number of halogens is 1. The van der Waals surface area contributed by atoms with Gasteiger partial charge in [0.2, 0.25) is 0 Å². The summed E-state index contributed by atoms with van der Waals surface area (Å²) in [6.07, 6.45) is 0. The van der Waals surface area contributed by atoms with Crippen LogP contribution in [0.2, 0.25) is 5.15 Å². The van der Waals surface area contributed by atoms with E-state index in [9.17, 15) is 5.11 Å². The molecule has 0 aliphatic heterocycles. The number of nitrogens with zero attached hydrogens (tertiary/aromatic N) is 2. The zero-order chi connectivity index (χ0) is 13.8. The molecule has 0 aliphatic rings. The van der Waals surface area contributed by atoms with Crippen molar-refractivity contribution in [2.24, 2.45) is 0 Å². The number of hydrogen-bond acceptors (Lipinski definition) is 5. The lowest BCUT2D eigenvalue weighted by molar-refractivity contribution is 0.260. The standard InChI is InChI=1S/C13H13ClN2O3/c1-19-13-15-11(5-12(14)16-13)8-2-3-9(6-17)10(4-8)7-18/h2-5,17-18H,6-7H2,1H3. The summed E-state index contributed by atoms with van der Waals surface area (Å²) in [6, 6.07) is 7.08. The Kier molecular flexibility index (Phi) is 4.31. The fourth-order valence-corrected chi connectivity index (χ4v) is 1.90. The Hall–Kier alpha value is -1.69. The summed E-state index contributed by atoms with van der Waals surface area (Å²) in [7, 11) is 1.46. The maximum Gasteiger partial charge on any atom is 0.318 e. The predicted molar refractivity (Wildman–Crippen MR) is 70.9 cm³/mol. The Labute approximate surface area is 115 Å². The van der Waals surface area contributed by atoms with E-state index in [0.717, 1.165) is 5.56 Å². The van der Waals surface area contributed by atoms with Crippen LogP contribution in [0.1, 0.15) is 11.1 Å². The van der Waals surface area contributed by atoms with Gasteiger partial charge < -0.3 is 14.9 Å². The molecule has 0 saturated carbocycles. The highest BCUT2D eigenvalue weighted by atomic mass is 35.5. The third-order valence-electron chi connectivity index (χ3n) is 2.70. The van der Waals surface area contributed by atoms with Gasteiger partial charge in [0.05, 0.1) is 26.0 Å². The largest absolute Gasteiger partial charge is 0.467 e. The number of rotatable bonds is 4. The summed E-state index contributed by atoms with van der Waals surface area (Å²) >= 11 is 5.89. The van der Waals surface area contributed by atoms with Crippen LogP contribution < -0.4 is 4.74 Å². The summed E-state index contributed by atoms with van der Waals surface area (Å²) < 4.78 is 4.96. The van der Waals surface area contributed by atoms with Crippen LogP contribution in [0.25, 0.3) is 11.3 Å². The smallest absolute Gasteiger partial charge is 0.318 e. The third-order valence-corrected chi connectivity index (χ3v) is 2.89. The molecule has 1 heterocycles. The number of aromatic nitrogens is 2. The first-order valence-electron chi connectivity index (χ1n) is 5.60. The molecule has 0 radical (unpaired) electrons. The van der Waals surface area contributed by atoms with E-state index in [1.165, 1.54) is 7.11 Å². The number of hydrogen-bond donors (Lipinski definition) is 2. The minimum atomic E-state index is -0.153. The SMILES string of the molecule is COc1nc(Cl)cc(-c2ccc(CO)c(CO)c2)n1. The number of aliphatic hydroxyl groups is 2. The lowest BCUT2D eigenvalue weighted by Crippen LogP contribution is -1.97. The first-order valence-corrected chi connectivity index (χ1v) is 5.98. The summed E-state index contributed by atoms with van der Waals surface area (Å²) in [5.74, 6) is 0. The number of methoxy groups -OCH3 is 1. The van der Waals surface area contributed by atoms with Gasteiger partial charge in [-0.2, -0.15) is 9.97 Å². The van der Waals surface area contributed by atoms with Gasteiger partial charge in [-0.05, 0) is 17.2 Å². The molecule has 6 heteroatoms. The van der Waals surface area contributed by atoms with E-state index >= 15 is 0 Å². The van der Waals surface area contributed by atoms with Gasteiger partial charge in [-0.1, -0.05) is 23.7 Å². The van der Waals surface area contributed by atoms with Crippen molar-refractivity contribution in [2.75, 3.05) is 7.11 Å². The highest BCUT2D eigenvalue weighted by molar-refractivity contribution is 6.29. The number of aliphatic hydroxyl groups excluding tert-OH is 2. The monoisotopic (exact) mass is 280 g/mol. The molecule has 2 aromatic rings. The Morgan fingerprint density at radius 2 is 1.84 bits per heavy atom. The quantitative estimate of drug-likeness (QED) is 0.835. The van der Waals surface area contributed by atoms with Crippen molar-refractivity contribution >= 4 is 11.6 Å². The van der Waals surface area contributed by atoms with Crippen LogP contribution in [0, 0.1) is 0 Å². The topological polar surface area (TPSA) is 75.5 Å². The summed E-state index contributed by atoms with van der Waals surface area (Å²) in [6.45, 7) is -0.274. The summed E-state index contributed by atoms with van der Waals surface area (Å²) in [5, 5.41) is 18.7. The number of benzene rings is 1. The Morgan fingerprint density at radius 3 is 2.47 bits per heavy atom. The van der Waals surface area contributed by atoms with Gasteiger partial charge in [0.1, 0.15) is 5.15 Å². The van der Waals surface area contributed by atoms with Crippen LogP contribution in [0.4, 0.5) is 0 Å². The molecule has 0 saturated heterocycles. The molecule has 0 unspecified atom stereocenters. The highest BCUT2D eigenvalue weighted by Crippen LogP contribution is 2.24. The van der Waals surface area contributed by atoms with Crippen molar-refractivity contribution in [1.29, 1.82) is 0 Å². The van der Waals surface area contributed by atoms with E-state index in [1.54, 1.807) is 24.3 Å². The molecule has 1 aromatic heterocycles. The molecule has 0 bridgehead atoms. The van der Waals surface area contributed by atoms with Gasteiger partial charge in [-0.15, -0.1) is 0 Å². The molecule has 5 nitrogen and oxygen atoms in total. The molecule has 0 spiro atoms. The highest BCUT2D eigenvalue weighted by Gasteiger charge is 2.08. The van der Waals surface area contributed by atoms with Crippen LogP contribution >= 0.6 is 11.6 Å². The second kappa shape index (κ2) is 5.97. The van der Waals surface area contributed by atoms with Crippen molar-refractivity contribution in [3.05, 3.63) is 40.5 Å². The average molecular weight is 281 g/mol. The van der Waals surface area contributed by atoms with E-state index in [-0.39, 0.29) is 24.4 Å². The van der Waals surface area contributed by atoms with E-state index < -0.39 is 0 Å². The van der Waals surface area contributed by atoms with Crippen molar-refractivity contribution in [3.8, 4) is 17.3 Å². The Bertz CT molecular complexity index is 590. The summed E-state index contributed by atoms with van der Waals surface area (Å²) in [5.41, 5.74) is 2.69. The van der Waals surface area contributed by atoms with Gasteiger partial charge in [-0.25, -0.2) is 0 Å². The molecule has 2 rings (SSSR count). The zero-order valence-corrected chi connectivity index (χ0v) is 11.1. The second-order valence-electron chi connectivity index (χ2n) is 3.86. The fourth-order valence-electron chi connectivity index (χ4n) is 1.72. The molecule has 100 valence electrons. The molecule has 0 aliphatic carbocycles. The molecule has 0 fully saturated rings. The predicted octanol–water partition coefficient (Wildman–Crippen LogP) is 1.79. The first-order chi connectivity index (χ1) is 9.17. The normalized spacial score (nSPS) is 10.5. The number of ether oxygens (including phenoxy) is 1. The maximum atomic E-state index is 9.28. The van der Waals surface area contributed by atoms with Crippen molar-refractivity contribution < 1.29 is 14.9 Å². The van der Waals surface area contributed by atoms with E-state index in [0.29, 0.717) is 16.8 Å². The van der Waals surface area contributed by atoms with Crippen molar-refractivity contribution in [2.45, 2.75) is 13.2 Å². The summed E-state index contributed by atoms with van der Waals surface area (Å²) in [4.78, 5) is 8.09. The lowest BCUT2D eigenvalue weighted by Gasteiger charge is -2.08. The minimum absolute atomic E-state index is 0.121. The second-order valence-corrected chi connectivity index (χ2v) is 4.25. The molecule has 0 amide bonds. The third kappa shape index (κ3) is 3.01. The van der Waals surface area contributed by atoms with Gasteiger partial charge in [0, 0.05) is 11.6 Å². The van der Waals surface area contributed by atoms with Crippen molar-refractivity contribution in [3.63, 3.8) is 0 Å². The van der Waals surface area contributed by atoms with Crippen LogP contribution in [0.3, 0.4) is 0 Å². The maximum absolute atomic E-state index is 9.28. The molecule has 1 aromatic carbocycles. The minimum Gasteiger partial charge on any atom is -0.467 e. The van der Waals surface area contributed by atoms with Crippen LogP contribution in [-0.2, 0) is 13.2 Å². The van der Waals surface area contributed by atoms with Gasteiger partial charge in [-0.3, -0.25) is 0 Å². The lowest BCUT2D eigenvalue weighted by atomic mass is 10.0. The van der Waals surface area contributed by atoms with E-state index in [4.69, 9.17) is 21.4 Å². The van der Waals surface area contributed by atoms with Gasteiger partial charge in [0.15, 0.2) is 0 Å². The molecular formula is C13H13ClN2O3. The van der Waals surface area contributed by atoms with Crippen molar-refractivity contribution in [1.82, 2.24) is 9.97 Å².